The van der Waals surface area contributed by atoms with Gasteiger partial charge in [0.05, 0.1) is 5.92 Å². The highest BCUT2D eigenvalue weighted by Crippen LogP contribution is 2.36. The van der Waals surface area contributed by atoms with Crippen LogP contribution in [-0.2, 0) is 25.5 Å². The quantitative estimate of drug-likeness (QED) is 0.700. The van der Waals surface area contributed by atoms with Crippen LogP contribution >= 0.6 is 0 Å². The largest absolute Gasteiger partial charge is 0.486 e. The fourth-order valence-corrected chi connectivity index (χ4v) is 4.24. The second-order valence-corrected chi connectivity index (χ2v) is 7.77. The molecule has 5 rings (SSSR count). The predicted molar refractivity (Wildman–Crippen MR) is 111 cm³/mol. The highest BCUT2D eigenvalue weighted by molar-refractivity contribution is 6.01. The molecule has 3 aliphatic heterocycles. The van der Waals surface area contributed by atoms with Crippen LogP contribution < -0.4 is 19.3 Å². The summed E-state index contributed by atoms with van der Waals surface area (Å²) in [6.45, 7) is 1.40. The first-order valence-corrected chi connectivity index (χ1v) is 10.3. The number of benzene rings is 2. The summed E-state index contributed by atoms with van der Waals surface area (Å²) in [5.74, 6) is -0.350. The minimum Gasteiger partial charge on any atom is -0.486 e. The Morgan fingerprint density at radius 3 is 2.74 bits per heavy atom. The smallest absolute Gasteiger partial charge is 0.311 e. The molecule has 1 fully saturated rings. The number of anilines is 2. The van der Waals surface area contributed by atoms with E-state index in [0.29, 0.717) is 36.9 Å². The molecule has 2 amide bonds. The number of fused-ring (bicyclic) bond motifs is 2. The van der Waals surface area contributed by atoms with Crippen molar-refractivity contribution in [1.82, 2.24) is 0 Å². The summed E-state index contributed by atoms with van der Waals surface area (Å²) in [6.07, 6.45) is 0.839. The molecule has 0 spiro atoms. The monoisotopic (exact) mass is 422 g/mol. The van der Waals surface area contributed by atoms with Gasteiger partial charge in [0.2, 0.25) is 5.91 Å². The molecular weight excluding hydrogens is 400 g/mol. The first-order chi connectivity index (χ1) is 15.1. The maximum absolute atomic E-state index is 12.6. The first-order valence-electron chi connectivity index (χ1n) is 10.3. The van der Waals surface area contributed by atoms with Gasteiger partial charge in [-0.2, -0.15) is 0 Å². The zero-order valence-electron chi connectivity index (χ0n) is 16.9. The first kappa shape index (κ1) is 19.4. The number of nitrogens with zero attached hydrogens (tertiary/aromatic N) is 2. The Bertz CT molecular complexity index is 1050. The van der Waals surface area contributed by atoms with Crippen molar-refractivity contribution < 1.29 is 28.6 Å². The number of amides is 2. The molecule has 160 valence electrons. The van der Waals surface area contributed by atoms with Gasteiger partial charge in [0.1, 0.15) is 13.2 Å². The van der Waals surface area contributed by atoms with Crippen molar-refractivity contribution in [2.45, 2.75) is 12.8 Å². The van der Waals surface area contributed by atoms with E-state index in [4.69, 9.17) is 14.2 Å². The maximum Gasteiger partial charge on any atom is 0.311 e. The Balaban J connectivity index is 1.19. The van der Waals surface area contributed by atoms with Crippen LogP contribution in [0.1, 0.15) is 12.0 Å². The Morgan fingerprint density at radius 2 is 1.87 bits per heavy atom. The average molecular weight is 422 g/mol. The number of rotatable bonds is 4. The van der Waals surface area contributed by atoms with Crippen molar-refractivity contribution in [3.05, 3.63) is 48.0 Å². The van der Waals surface area contributed by atoms with Crippen LogP contribution in [0.3, 0.4) is 0 Å². The Hall–Kier alpha value is -3.55. The summed E-state index contributed by atoms with van der Waals surface area (Å²) in [5.41, 5.74) is 2.62. The van der Waals surface area contributed by atoms with Crippen molar-refractivity contribution in [3.8, 4) is 11.5 Å². The Kier molecular flexibility index (Phi) is 4.97. The van der Waals surface area contributed by atoms with E-state index in [1.165, 1.54) is 0 Å². The number of ether oxygens (including phenoxy) is 3. The van der Waals surface area contributed by atoms with E-state index in [0.717, 1.165) is 17.7 Å². The van der Waals surface area contributed by atoms with E-state index >= 15 is 0 Å². The zero-order chi connectivity index (χ0) is 21.4. The van der Waals surface area contributed by atoms with Crippen molar-refractivity contribution in [3.63, 3.8) is 0 Å². The summed E-state index contributed by atoms with van der Waals surface area (Å²) in [4.78, 5) is 40.8. The molecule has 8 nitrogen and oxygen atoms in total. The van der Waals surface area contributed by atoms with E-state index in [-0.39, 0.29) is 31.4 Å². The zero-order valence-corrected chi connectivity index (χ0v) is 16.9. The highest BCUT2D eigenvalue weighted by atomic mass is 16.6. The average Bonchev–Trinajstić information content (AvgIpc) is 3.41. The molecule has 0 radical (unpaired) electrons. The lowest BCUT2D eigenvalue weighted by Crippen LogP contribution is -2.34. The molecular formula is C23H22N2O6. The summed E-state index contributed by atoms with van der Waals surface area (Å²) in [6, 6.07) is 13.0. The standard InChI is InChI=1S/C23H22N2O6/c26-21-11-16(13-25(21)17-5-6-19-20(12-17)30-10-9-29-19)23(28)31-14-22(27)24-8-7-15-3-1-2-4-18(15)24/h1-6,12,16H,7-11,13-14H2/t16-/m1/s1. The van der Waals surface area contributed by atoms with Gasteiger partial charge < -0.3 is 24.0 Å². The van der Waals surface area contributed by atoms with Crippen molar-refractivity contribution in [1.29, 1.82) is 0 Å². The van der Waals surface area contributed by atoms with Gasteiger partial charge in [-0.25, -0.2) is 0 Å². The van der Waals surface area contributed by atoms with E-state index in [1.807, 2.05) is 24.3 Å². The van der Waals surface area contributed by atoms with Crippen LogP contribution in [0.4, 0.5) is 11.4 Å². The molecule has 3 heterocycles. The van der Waals surface area contributed by atoms with Crippen LogP contribution in [0.15, 0.2) is 42.5 Å². The minimum atomic E-state index is -0.612. The third kappa shape index (κ3) is 3.69. The fraction of sp³-hybridized carbons (Fsp3) is 0.348. The molecule has 0 bridgehead atoms. The number of para-hydroxylation sites is 1. The van der Waals surface area contributed by atoms with Crippen molar-refractivity contribution in [2.24, 2.45) is 5.92 Å². The van der Waals surface area contributed by atoms with E-state index in [9.17, 15) is 14.4 Å². The molecule has 2 aromatic carbocycles. The van der Waals surface area contributed by atoms with Crippen LogP contribution in [0.25, 0.3) is 0 Å². The van der Waals surface area contributed by atoms with Crippen LogP contribution in [0, 0.1) is 5.92 Å². The molecule has 0 N–H and O–H groups in total. The summed E-state index contributed by atoms with van der Waals surface area (Å²) < 4.78 is 16.4. The molecule has 1 atom stereocenters. The van der Waals surface area contributed by atoms with Gasteiger partial charge in [-0.1, -0.05) is 18.2 Å². The lowest BCUT2D eigenvalue weighted by Gasteiger charge is -2.22. The third-order valence-corrected chi connectivity index (χ3v) is 5.82. The van der Waals surface area contributed by atoms with Gasteiger partial charge in [0.25, 0.3) is 5.91 Å². The number of carbonyl (C=O) groups is 3. The molecule has 2 aromatic rings. The molecule has 8 heteroatoms. The number of esters is 1. The molecule has 0 saturated carbocycles. The molecule has 1 saturated heterocycles. The second kappa shape index (κ2) is 7.94. The summed E-state index contributed by atoms with van der Waals surface area (Å²) >= 11 is 0. The lowest BCUT2D eigenvalue weighted by atomic mass is 10.1. The highest BCUT2D eigenvalue weighted by Gasteiger charge is 2.37. The van der Waals surface area contributed by atoms with Crippen molar-refractivity contribution >= 4 is 29.2 Å². The number of hydrogen-bond acceptors (Lipinski definition) is 6. The molecule has 0 aliphatic carbocycles. The van der Waals surface area contributed by atoms with Crippen LogP contribution in [-0.4, -0.2) is 50.7 Å². The van der Waals surface area contributed by atoms with Gasteiger partial charge in [-0.05, 0) is 30.2 Å². The molecule has 0 unspecified atom stereocenters. The Labute approximate surface area is 179 Å². The van der Waals surface area contributed by atoms with E-state index in [1.54, 1.807) is 28.0 Å². The maximum atomic E-state index is 12.6. The fourth-order valence-electron chi connectivity index (χ4n) is 4.24. The second-order valence-electron chi connectivity index (χ2n) is 7.77. The predicted octanol–water partition coefficient (Wildman–Crippen LogP) is 1.94. The third-order valence-electron chi connectivity index (χ3n) is 5.82. The number of hydrogen-bond donors (Lipinski definition) is 0. The SMILES string of the molecule is O=C(OCC(=O)N1CCc2ccccc21)[C@@H]1CC(=O)N(c2ccc3c(c2)OCCO3)C1. The van der Waals surface area contributed by atoms with Gasteiger partial charge >= 0.3 is 5.97 Å². The van der Waals surface area contributed by atoms with Gasteiger partial charge in [-0.3, -0.25) is 14.4 Å². The van der Waals surface area contributed by atoms with Gasteiger partial charge in [0, 0.05) is 37.0 Å². The lowest BCUT2D eigenvalue weighted by molar-refractivity contribution is -0.151. The van der Waals surface area contributed by atoms with Gasteiger partial charge in [0.15, 0.2) is 18.1 Å². The van der Waals surface area contributed by atoms with Crippen molar-refractivity contribution in [2.75, 3.05) is 42.7 Å². The molecule has 0 aromatic heterocycles. The van der Waals surface area contributed by atoms with Crippen LogP contribution in [0.2, 0.25) is 0 Å². The summed E-state index contributed by atoms with van der Waals surface area (Å²) in [7, 11) is 0. The molecule has 31 heavy (non-hydrogen) atoms. The molecule has 3 aliphatic rings. The van der Waals surface area contributed by atoms with E-state index in [2.05, 4.69) is 0 Å². The topological polar surface area (TPSA) is 85.4 Å². The van der Waals surface area contributed by atoms with Crippen LogP contribution in [0.5, 0.6) is 11.5 Å². The number of carbonyl (C=O) groups excluding carboxylic acids is 3. The van der Waals surface area contributed by atoms with E-state index < -0.39 is 11.9 Å². The minimum absolute atomic E-state index is 0.0496. The Morgan fingerprint density at radius 1 is 1.06 bits per heavy atom. The van der Waals surface area contributed by atoms with Gasteiger partial charge in [-0.15, -0.1) is 0 Å². The normalized spacial score (nSPS) is 19.4. The summed E-state index contributed by atoms with van der Waals surface area (Å²) in [5, 5.41) is 0.